The van der Waals surface area contributed by atoms with E-state index < -0.39 is 6.10 Å². The van der Waals surface area contributed by atoms with Crippen LogP contribution in [0.4, 0.5) is 0 Å². The van der Waals surface area contributed by atoms with Crippen molar-refractivity contribution >= 4 is 29.1 Å². The molecule has 1 heterocycles. The van der Waals surface area contributed by atoms with E-state index in [0.29, 0.717) is 34.2 Å². The van der Waals surface area contributed by atoms with Crippen molar-refractivity contribution in [2.45, 2.75) is 12.5 Å². The van der Waals surface area contributed by atoms with Crippen LogP contribution in [0.5, 0.6) is 0 Å². The van der Waals surface area contributed by atoms with Gasteiger partial charge in [0.25, 0.3) is 5.91 Å². The van der Waals surface area contributed by atoms with Gasteiger partial charge in [0, 0.05) is 28.6 Å². The van der Waals surface area contributed by atoms with Gasteiger partial charge >= 0.3 is 0 Å². The highest BCUT2D eigenvalue weighted by Gasteiger charge is 2.19. The number of carbonyl (C=O) groups excluding carboxylic acids is 1. The van der Waals surface area contributed by atoms with Crippen LogP contribution in [0.15, 0.2) is 30.0 Å². The van der Waals surface area contributed by atoms with E-state index in [1.54, 1.807) is 18.2 Å². The molecule has 1 atom stereocenters. The van der Waals surface area contributed by atoms with E-state index in [2.05, 4.69) is 5.32 Å². The zero-order chi connectivity index (χ0) is 13.8. The Kier molecular flexibility index (Phi) is 4.69. The predicted octanol–water partition coefficient (Wildman–Crippen LogP) is 2.45. The van der Waals surface area contributed by atoms with Crippen LogP contribution in [0.25, 0.3) is 0 Å². The van der Waals surface area contributed by atoms with Crippen molar-refractivity contribution in [3.63, 3.8) is 0 Å². The van der Waals surface area contributed by atoms with Crippen LogP contribution in [0.2, 0.25) is 10.0 Å². The second kappa shape index (κ2) is 6.28. The molecule has 0 aliphatic carbocycles. The van der Waals surface area contributed by atoms with Gasteiger partial charge < -0.3 is 15.2 Å². The summed E-state index contributed by atoms with van der Waals surface area (Å²) in [6.07, 6.45) is 1.06. The standard InChI is InChI=1S/C13H13Cl2NO3/c14-9-2-1-3-10(15)12(9)11(17)6-16-13(18)8-4-5-19-7-8/h1-3,7,11,17H,4-6H2,(H,16,18)/t11-/m1/s1. The maximum absolute atomic E-state index is 11.7. The van der Waals surface area contributed by atoms with Crippen LogP contribution in [0.1, 0.15) is 18.1 Å². The van der Waals surface area contributed by atoms with Crippen LogP contribution >= 0.6 is 23.2 Å². The quantitative estimate of drug-likeness (QED) is 0.898. The molecule has 0 unspecified atom stereocenters. The van der Waals surface area contributed by atoms with Crippen molar-refractivity contribution < 1.29 is 14.6 Å². The number of hydrogen-bond acceptors (Lipinski definition) is 3. The van der Waals surface area contributed by atoms with Crippen molar-refractivity contribution in [1.82, 2.24) is 5.32 Å². The van der Waals surface area contributed by atoms with Gasteiger partial charge in [0.2, 0.25) is 0 Å². The highest BCUT2D eigenvalue weighted by atomic mass is 35.5. The van der Waals surface area contributed by atoms with Crippen molar-refractivity contribution in [1.29, 1.82) is 0 Å². The third-order valence-electron chi connectivity index (χ3n) is 2.80. The van der Waals surface area contributed by atoms with E-state index in [1.165, 1.54) is 6.26 Å². The summed E-state index contributed by atoms with van der Waals surface area (Å²) >= 11 is 12.0. The normalized spacial score (nSPS) is 15.6. The summed E-state index contributed by atoms with van der Waals surface area (Å²) < 4.78 is 4.98. The van der Waals surface area contributed by atoms with E-state index >= 15 is 0 Å². The summed E-state index contributed by atoms with van der Waals surface area (Å²) in [6.45, 7) is 0.557. The summed E-state index contributed by atoms with van der Waals surface area (Å²) in [5.74, 6) is -0.250. The number of hydrogen-bond donors (Lipinski definition) is 2. The lowest BCUT2D eigenvalue weighted by molar-refractivity contribution is -0.118. The molecule has 0 saturated carbocycles. The molecule has 0 bridgehead atoms. The maximum atomic E-state index is 11.7. The molecular formula is C13H13Cl2NO3. The summed E-state index contributed by atoms with van der Waals surface area (Å²) in [6, 6.07) is 4.97. The fourth-order valence-electron chi connectivity index (χ4n) is 1.79. The number of benzene rings is 1. The smallest absolute Gasteiger partial charge is 0.250 e. The highest BCUT2D eigenvalue weighted by molar-refractivity contribution is 6.36. The van der Waals surface area contributed by atoms with E-state index in [0.717, 1.165) is 0 Å². The number of carbonyl (C=O) groups is 1. The molecule has 0 radical (unpaired) electrons. The predicted molar refractivity (Wildman–Crippen MR) is 73.1 cm³/mol. The van der Waals surface area contributed by atoms with Crippen LogP contribution < -0.4 is 5.32 Å². The molecule has 0 aromatic heterocycles. The van der Waals surface area contributed by atoms with Crippen molar-refractivity contribution in [3.8, 4) is 0 Å². The van der Waals surface area contributed by atoms with Gasteiger partial charge in [-0.3, -0.25) is 4.79 Å². The molecule has 1 aliphatic rings. The molecule has 1 aromatic rings. The van der Waals surface area contributed by atoms with Crippen LogP contribution in [-0.4, -0.2) is 24.2 Å². The van der Waals surface area contributed by atoms with Crippen LogP contribution in [0, 0.1) is 0 Å². The summed E-state index contributed by atoms with van der Waals surface area (Å²) in [7, 11) is 0. The number of nitrogens with one attached hydrogen (secondary N) is 1. The second-order valence-electron chi connectivity index (χ2n) is 4.13. The van der Waals surface area contributed by atoms with Crippen LogP contribution in [0.3, 0.4) is 0 Å². The van der Waals surface area contributed by atoms with Gasteiger partial charge in [-0.1, -0.05) is 29.3 Å². The van der Waals surface area contributed by atoms with Gasteiger partial charge in [0.15, 0.2) is 0 Å². The molecule has 0 saturated heterocycles. The first-order valence-corrected chi connectivity index (χ1v) is 6.56. The number of rotatable bonds is 4. The molecule has 102 valence electrons. The van der Waals surface area contributed by atoms with E-state index in [4.69, 9.17) is 27.9 Å². The molecule has 1 aliphatic heterocycles. The Morgan fingerprint density at radius 2 is 2.11 bits per heavy atom. The fourth-order valence-corrected chi connectivity index (χ4v) is 2.44. The zero-order valence-electron chi connectivity index (χ0n) is 10.0. The second-order valence-corrected chi connectivity index (χ2v) is 4.94. The molecule has 2 N–H and O–H groups in total. The number of halogens is 2. The molecule has 0 spiro atoms. The van der Waals surface area contributed by atoms with Crippen molar-refractivity contribution in [2.24, 2.45) is 0 Å². The monoisotopic (exact) mass is 301 g/mol. The Hall–Kier alpha value is -1.23. The van der Waals surface area contributed by atoms with Crippen LogP contribution in [-0.2, 0) is 9.53 Å². The lowest BCUT2D eigenvalue weighted by Gasteiger charge is -2.15. The van der Waals surface area contributed by atoms with Gasteiger partial charge in [0.1, 0.15) is 0 Å². The van der Waals surface area contributed by atoms with E-state index in [1.807, 2.05) is 0 Å². The first-order chi connectivity index (χ1) is 9.09. The fraction of sp³-hybridized carbons (Fsp3) is 0.308. The maximum Gasteiger partial charge on any atom is 0.250 e. The van der Waals surface area contributed by atoms with Gasteiger partial charge in [-0.15, -0.1) is 0 Å². The topological polar surface area (TPSA) is 58.6 Å². The first-order valence-electron chi connectivity index (χ1n) is 5.80. The van der Waals surface area contributed by atoms with Gasteiger partial charge in [-0.2, -0.15) is 0 Å². The highest BCUT2D eigenvalue weighted by Crippen LogP contribution is 2.29. The lowest BCUT2D eigenvalue weighted by Crippen LogP contribution is -2.29. The first kappa shape index (κ1) is 14.2. The average Bonchev–Trinajstić information content (AvgIpc) is 2.89. The Morgan fingerprint density at radius 3 is 2.68 bits per heavy atom. The molecule has 19 heavy (non-hydrogen) atoms. The Bertz CT molecular complexity index is 496. The van der Waals surface area contributed by atoms with E-state index in [9.17, 15) is 9.90 Å². The zero-order valence-corrected chi connectivity index (χ0v) is 11.5. The lowest BCUT2D eigenvalue weighted by atomic mass is 10.1. The summed E-state index contributed by atoms with van der Waals surface area (Å²) in [4.78, 5) is 11.7. The Labute approximate surface area is 121 Å². The van der Waals surface area contributed by atoms with Gasteiger partial charge in [0.05, 0.1) is 24.5 Å². The van der Waals surface area contributed by atoms with Gasteiger partial charge in [-0.05, 0) is 12.1 Å². The number of amides is 1. The molecule has 1 aromatic carbocycles. The third kappa shape index (κ3) is 3.41. The number of aliphatic hydroxyl groups is 1. The molecule has 6 heteroatoms. The van der Waals surface area contributed by atoms with E-state index in [-0.39, 0.29) is 12.5 Å². The number of ether oxygens (including phenoxy) is 1. The minimum atomic E-state index is -0.951. The molecular weight excluding hydrogens is 289 g/mol. The molecule has 4 nitrogen and oxygen atoms in total. The Balaban J connectivity index is 1.97. The SMILES string of the molecule is O=C(NC[C@@H](O)c1c(Cl)cccc1Cl)C1=COCC1. The minimum Gasteiger partial charge on any atom is -0.500 e. The molecule has 2 rings (SSSR count). The third-order valence-corrected chi connectivity index (χ3v) is 3.45. The van der Waals surface area contributed by atoms with Crippen molar-refractivity contribution in [2.75, 3.05) is 13.2 Å². The van der Waals surface area contributed by atoms with Gasteiger partial charge in [-0.25, -0.2) is 0 Å². The Morgan fingerprint density at radius 1 is 1.42 bits per heavy atom. The van der Waals surface area contributed by atoms with Crippen molar-refractivity contribution in [3.05, 3.63) is 45.6 Å². The summed E-state index contributed by atoms with van der Waals surface area (Å²) in [5, 5.41) is 13.4. The minimum absolute atomic E-state index is 0.0413. The molecule has 0 fully saturated rings. The summed E-state index contributed by atoms with van der Waals surface area (Å²) in [5.41, 5.74) is 0.986. The average molecular weight is 302 g/mol. The molecule has 1 amide bonds. The largest absolute Gasteiger partial charge is 0.500 e. The number of aliphatic hydroxyl groups excluding tert-OH is 1.